The highest BCUT2D eigenvalue weighted by Gasteiger charge is 2.18. The Bertz CT molecular complexity index is 148. The van der Waals surface area contributed by atoms with Crippen molar-refractivity contribution in [2.45, 2.75) is 0 Å². The Morgan fingerprint density at radius 1 is 1.33 bits per heavy atom. The van der Waals surface area contributed by atoms with Crippen LogP contribution in [-0.2, 0) is 4.74 Å². The number of carbonyl (C=O) groups excluding carboxylic acids is 1. The van der Waals surface area contributed by atoms with E-state index in [9.17, 15) is 4.79 Å². The minimum Gasteiger partial charge on any atom is -0.453 e. The number of nitrogens with zero attached hydrogens (tertiary/aromatic N) is 2. The molecule has 0 atom stereocenters. The summed E-state index contributed by atoms with van der Waals surface area (Å²) in [6, 6.07) is 0. The standard InChI is InChI=1S/C6H13N3O2.ClH/c1-11-6(10)8-2-4-9(7)5-3-8;/h2-5,7H2,1H3;1H. The number of amides is 1. The molecule has 12 heavy (non-hydrogen) atoms. The molecule has 72 valence electrons. The fourth-order valence-corrected chi connectivity index (χ4v) is 1.03. The molecule has 1 amide bonds. The first-order chi connectivity index (χ1) is 5.24. The molecule has 0 aromatic carbocycles. The number of hydrogen-bond acceptors (Lipinski definition) is 4. The van der Waals surface area contributed by atoms with Gasteiger partial charge in [0.1, 0.15) is 0 Å². The second kappa shape index (κ2) is 5.18. The number of hydrazine groups is 1. The molecule has 0 spiro atoms. The molecular weight excluding hydrogens is 182 g/mol. The maximum absolute atomic E-state index is 10.9. The summed E-state index contributed by atoms with van der Waals surface area (Å²) in [7, 11) is 1.39. The van der Waals surface area contributed by atoms with Gasteiger partial charge >= 0.3 is 6.09 Å². The van der Waals surface area contributed by atoms with Crippen LogP contribution in [0, 0.1) is 0 Å². The van der Waals surface area contributed by atoms with Gasteiger partial charge in [-0.25, -0.2) is 9.80 Å². The van der Waals surface area contributed by atoms with Crippen molar-refractivity contribution in [1.29, 1.82) is 0 Å². The Kier molecular flexibility index (Phi) is 4.96. The lowest BCUT2D eigenvalue weighted by Gasteiger charge is -2.30. The van der Waals surface area contributed by atoms with Crippen molar-refractivity contribution in [3.63, 3.8) is 0 Å². The smallest absolute Gasteiger partial charge is 0.409 e. The zero-order valence-corrected chi connectivity index (χ0v) is 7.84. The van der Waals surface area contributed by atoms with E-state index >= 15 is 0 Å². The molecule has 5 nitrogen and oxygen atoms in total. The molecule has 0 unspecified atom stereocenters. The average molecular weight is 196 g/mol. The Morgan fingerprint density at radius 3 is 2.25 bits per heavy atom. The van der Waals surface area contributed by atoms with E-state index in [0.29, 0.717) is 13.1 Å². The van der Waals surface area contributed by atoms with Crippen LogP contribution < -0.4 is 5.84 Å². The molecule has 0 aromatic rings. The highest BCUT2D eigenvalue weighted by atomic mass is 35.5. The predicted octanol–water partition coefficient (Wildman–Crippen LogP) is -0.334. The van der Waals surface area contributed by atoms with Crippen molar-refractivity contribution in [3.05, 3.63) is 0 Å². The summed E-state index contributed by atoms with van der Waals surface area (Å²) in [5.41, 5.74) is 0. The number of methoxy groups -OCH3 is 1. The molecule has 1 aliphatic rings. The number of nitrogens with two attached hydrogens (primary N) is 1. The highest BCUT2D eigenvalue weighted by Crippen LogP contribution is 1.98. The molecule has 1 heterocycles. The minimum absolute atomic E-state index is 0. The van der Waals surface area contributed by atoms with Crippen molar-refractivity contribution in [2.24, 2.45) is 5.84 Å². The SMILES string of the molecule is COC(=O)N1CCN(N)CC1.Cl. The quantitative estimate of drug-likeness (QED) is 0.538. The zero-order chi connectivity index (χ0) is 8.27. The van der Waals surface area contributed by atoms with Crippen LogP contribution in [-0.4, -0.2) is 49.3 Å². The molecule has 6 heteroatoms. The zero-order valence-electron chi connectivity index (χ0n) is 7.02. The average Bonchev–Trinajstić information content (AvgIpc) is 2.05. The Hall–Kier alpha value is -0.520. The summed E-state index contributed by atoms with van der Waals surface area (Å²) < 4.78 is 4.55. The Labute approximate surface area is 77.8 Å². The van der Waals surface area contributed by atoms with Crippen molar-refractivity contribution in [1.82, 2.24) is 9.91 Å². The molecule has 1 fully saturated rings. The molecular formula is C6H14ClN3O2. The predicted molar refractivity (Wildman–Crippen MR) is 47.0 cm³/mol. The molecule has 1 saturated heterocycles. The van der Waals surface area contributed by atoms with Crippen LogP contribution in [0.2, 0.25) is 0 Å². The van der Waals surface area contributed by atoms with Crippen LogP contribution in [0.5, 0.6) is 0 Å². The normalized spacial score (nSPS) is 18.3. The van der Waals surface area contributed by atoms with Gasteiger partial charge in [-0.15, -0.1) is 12.4 Å². The van der Waals surface area contributed by atoms with E-state index in [-0.39, 0.29) is 18.5 Å². The van der Waals surface area contributed by atoms with Gasteiger partial charge < -0.3 is 9.64 Å². The number of carbonyl (C=O) groups is 1. The lowest BCUT2D eigenvalue weighted by atomic mass is 10.4. The second-order valence-electron chi connectivity index (χ2n) is 2.49. The fraction of sp³-hybridized carbons (Fsp3) is 0.833. The number of piperazine rings is 1. The van der Waals surface area contributed by atoms with Gasteiger partial charge in [0.2, 0.25) is 0 Å². The van der Waals surface area contributed by atoms with Crippen LogP contribution in [0.3, 0.4) is 0 Å². The van der Waals surface area contributed by atoms with Gasteiger partial charge in [0, 0.05) is 26.2 Å². The third-order valence-electron chi connectivity index (χ3n) is 1.75. The highest BCUT2D eigenvalue weighted by molar-refractivity contribution is 5.85. The van der Waals surface area contributed by atoms with Crippen molar-refractivity contribution in [2.75, 3.05) is 33.3 Å². The van der Waals surface area contributed by atoms with Gasteiger partial charge in [-0.3, -0.25) is 5.84 Å². The first-order valence-electron chi connectivity index (χ1n) is 3.56. The van der Waals surface area contributed by atoms with E-state index in [1.165, 1.54) is 7.11 Å². The fourth-order valence-electron chi connectivity index (χ4n) is 1.03. The first kappa shape index (κ1) is 11.5. The second-order valence-corrected chi connectivity index (χ2v) is 2.49. The molecule has 0 radical (unpaired) electrons. The van der Waals surface area contributed by atoms with E-state index < -0.39 is 0 Å². The molecule has 0 bridgehead atoms. The minimum atomic E-state index is -0.266. The van der Waals surface area contributed by atoms with Crippen LogP contribution in [0.4, 0.5) is 4.79 Å². The summed E-state index contributed by atoms with van der Waals surface area (Å²) in [5, 5.41) is 1.69. The summed E-state index contributed by atoms with van der Waals surface area (Å²) in [5.74, 6) is 5.49. The summed E-state index contributed by atoms with van der Waals surface area (Å²) in [4.78, 5) is 12.6. The lowest BCUT2D eigenvalue weighted by Crippen LogP contribution is -2.51. The van der Waals surface area contributed by atoms with Crippen molar-refractivity contribution in [3.8, 4) is 0 Å². The number of halogens is 1. The topological polar surface area (TPSA) is 58.8 Å². The van der Waals surface area contributed by atoms with E-state index in [1.807, 2.05) is 0 Å². The molecule has 2 N–H and O–H groups in total. The molecule has 1 aliphatic heterocycles. The maximum atomic E-state index is 10.9. The van der Waals surface area contributed by atoms with Gasteiger partial charge in [-0.05, 0) is 0 Å². The largest absolute Gasteiger partial charge is 0.453 e. The number of hydrogen-bond donors (Lipinski definition) is 1. The van der Waals surface area contributed by atoms with Crippen LogP contribution in [0.25, 0.3) is 0 Å². The van der Waals surface area contributed by atoms with E-state index in [1.54, 1.807) is 9.91 Å². The van der Waals surface area contributed by atoms with E-state index in [2.05, 4.69) is 4.74 Å². The van der Waals surface area contributed by atoms with E-state index in [4.69, 9.17) is 5.84 Å². The molecule has 0 saturated carbocycles. The third-order valence-corrected chi connectivity index (χ3v) is 1.75. The number of rotatable bonds is 0. The summed E-state index contributed by atoms with van der Waals surface area (Å²) in [6.07, 6.45) is -0.266. The molecule has 1 rings (SSSR count). The van der Waals surface area contributed by atoms with E-state index in [0.717, 1.165) is 13.1 Å². The van der Waals surface area contributed by atoms with Crippen LogP contribution >= 0.6 is 12.4 Å². The molecule has 0 aliphatic carbocycles. The lowest BCUT2D eigenvalue weighted by molar-refractivity contribution is 0.0914. The van der Waals surface area contributed by atoms with Gasteiger partial charge in [0.05, 0.1) is 7.11 Å². The van der Waals surface area contributed by atoms with Crippen LogP contribution in [0.15, 0.2) is 0 Å². The maximum Gasteiger partial charge on any atom is 0.409 e. The number of ether oxygens (including phenoxy) is 1. The molecule has 0 aromatic heterocycles. The summed E-state index contributed by atoms with van der Waals surface area (Å²) in [6.45, 7) is 2.75. The van der Waals surface area contributed by atoms with Crippen LogP contribution in [0.1, 0.15) is 0 Å². The van der Waals surface area contributed by atoms with Gasteiger partial charge in [-0.2, -0.15) is 0 Å². The Balaban J connectivity index is 0.00000121. The van der Waals surface area contributed by atoms with Gasteiger partial charge in [-0.1, -0.05) is 0 Å². The van der Waals surface area contributed by atoms with Crippen molar-refractivity contribution >= 4 is 18.5 Å². The third kappa shape index (κ3) is 2.84. The first-order valence-corrected chi connectivity index (χ1v) is 3.56. The Morgan fingerprint density at radius 2 is 1.83 bits per heavy atom. The summed E-state index contributed by atoms with van der Waals surface area (Å²) >= 11 is 0. The van der Waals surface area contributed by atoms with Crippen molar-refractivity contribution < 1.29 is 9.53 Å². The monoisotopic (exact) mass is 195 g/mol. The van der Waals surface area contributed by atoms with Gasteiger partial charge in [0.25, 0.3) is 0 Å². The van der Waals surface area contributed by atoms with Gasteiger partial charge in [0.15, 0.2) is 0 Å².